The van der Waals surface area contributed by atoms with Crippen molar-refractivity contribution < 1.29 is 14.5 Å². The molecule has 1 heterocycles. The zero-order valence-corrected chi connectivity index (χ0v) is 17.1. The van der Waals surface area contributed by atoms with E-state index in [0.717, 1.165) is 15.5 Å². The smallest absolute Gasteiger partial charge is 0.280 e. The van der Waals surface area contributed by atoms with Gasteiger partial charge in [0.1, 0.15) is 0 Å². The van der Waals surface area contributed by atoms with Crippen LogP contribution in [0.2, 0.25) is 0 Å². The van der Waals surface area contributed by atoms with E-state index in [2.05, 4.69) is 4.99 Å². The Balaban J connectivity index is 1.85. The highest BCUT2D eigenvalue weighted by molar-refractivity contribution is 7.16. The second kappa shape index (κ2) is 8.56. The topological polar surface area (TPSA) is 86.7 Å². The summed E-state index contributed by atoms with van der Waals surface area (Å²) in [5.41, 5.74) is 1.18. The normalized spacial score (nSPS) is 12.0. The second-order valence-corrected chi connectivity index (χ2v) is 7.60. The third kappa shape index (κ3) is 3.87. The highest BCUT2D eigenvalue weighted by atomic mass is 32.1. The molecule has 1 aromatic heterocycles. The number of amides is 1. The number of nitrogens with zero attached hydrogens (tertiary/aromatic N) is 3. The molecule has 0 aliphatic rings. The van der Waals surface area contributed by atoms with Gasteiger partial charge in [-0.05, 0) is 29.8 Å². The van der Waals surface area contributed by atoms with Gasteiger partial charge >= 0.3 is 0 Å². The van der Waals surface area contributed by atoms with Crippen LogP contribution in [0, 0.1) is 10.1 Å². The number of aromatic nitrogens is 1. The lowest BCUT2D eigenvalue weighted by Gasteiger charge is -2.06. The number of nitro groups is 1. The summed E-state index contributed by atoms with van der Waals surface area (Å²) < 4.78 is 8.09. The number of carbonyl (C=O) groups excluding carboxylic acids is 1. The van der Waals surface area contributed by atoms with Crippen molar-refractivity contribution in [3.05, 3.63) is 81.1 Å². The van der Waals surface area contributed by atoms with Gasteiger partial charge in [0.05, 0.1) is 21.7 Å². The number of fused-ring (bicyclic) bond motifs is 2. The summed E-state index contributed by atoms with van der Waals surface area (Å²) in [6, 6.07) is 17.9. The van der Waals surface area contributed by atoms with Crippen LogP contribution in [0.25, 0.3) is 21.0 Å². The zero-order valence-electron chi connectivity index (χ0n) is 16.3. The van der Waals surface area contributed by atoms with Gasteiger partial charge in [0.2, 0.25) is 0 Å². The first-order valence-electron chi connectivity index (χ1n) is 9.51. The monoisotopic (exact) mass is 421 g/mol. The Bertz CT molecular complexity index is 1320. The molecule has 0 spiro atoms. The van der Waals surface area contributed by atoms with Crippen molar-refractivity contribution in [1.82, 2.24) is 4.57 Å². The highest BCUT2D eigenvalue weighted by Crippen LogP contribution is 2.24. The molecular weight excluding hydrogens is 402 g/mol. The van der Waals surface area contributed by atoms with Crippen molar-refractivity contribution in [2.75, 3.05) is 13.2 Å². The minimum absolute atomic E-state index is 0.00242. The Kier molecular flexibility index (Phi) is 5.69. The Morgan fingerprint density at radius 1 is 1.17 bits per heavy atom. The predicted octanol–water partition coefficient (Wildman–Crippen LogP) is 4.54. The molecule has 0 fully saturated rings. The summed E-state index contributed by atoms with van der Waals surface area (Å²) >= 11 is 1.33. The van der Waals surface area contributed by atoms with Crippen LogP contribution in [0.1, 0.15) is 17.3 Å². The largest absolute Gasteiger partial charge is 0.380 e. The van der Waals surface area contributed by atoms with Gasteiger partial charge in [-0.25, -0.2) is 0 Å². The number of nitro benzene ring substituents is 1. The molecule has 0 aliphatic carbocycles. The van der Waals surface area contributed by atoms with Crippen LogP contribution in [0.4, 0.5) is 5.69 Å². The molecule has 4 aromatic rings. The maximum atomic E-state index is 13.0. The van der Waals surface area contributed by atoms with Gasteiger partial charge in [-0.15, -0.1) is 0 Å². The predicted molar refractivity (Wildman–Crippen MR) is 117 cm³/mol. The number of thiazole rings is 1. The zero-order chi connectivity index (χ0) is 21.1. The van der Waals surface area contributed by atoms with Crippen LogP contribution in [0.3, 0.4) is 0 Å². The van der Waals surface area contributed by atoms with Crippen molar-refractivity contribution in [2.45, 2.75) is 13.5 Å². The summed E-state index contributed by atoms with van der Waals surface area (Å²) in [5, 5.41) is 13.0. The fraction of sp³-hybridized carbons (Fsp3) is 0.182. The lowest BCUT2D eigenvalue weighted by molar-refractivity contribution is -0.384. The van der Waals surface area contributed by atoms with E-state index < -0.39 is 4.92 Å². The lowest BCUT2D eigenvalue weighted by atomic mass is 10.0. The fourth-order valence-corrected chi connectivity index (χ4v) is 4.37. The first kappa shape index (κ1) is 19.9. The van der Waals surface area contributed by atoms with Gasteiger partial charge in [0, 0.05) is 30.8 Å². The number of hydrogen-bond acceptors (Lipinski definition) is 5. The first-order valence-corrected chi connectivity index (χ1v) is 10.3. The molecule has 0 atom stereocenters. The molecule has 4 rings (SSSR count). The molecule has 7 nitrogen and oxygen atoms in total. The third-order valence-electron chi connectivity index (χ3n) is 4.76. The minimum atomic E-state index is -0.429. The van der Waals surface area contributed by atoms with Crippen LogP contribution in [-0.4, -0.2) is 28.6 Å². The molecule has 1 amide bonds. The molecule has 0 N–H and O–H groups in total. The molecule has 3 aromatic carbocycles. The molecule has 0 saturated carbocycles. The van der Waals surface area contributed by atoms with E-state index in [1.165, 1.54) is 23.5 Å². The summed E-state index contributed by atoms with van der Waals surface area (Å²) in [5.74, 6) is -0.349. The molecule has 0 saturated heterocycles. The molecule has 0 aliphatic heterocycles. The third-order valence-corrected chi connectivity index (χ3v) is 5.82. The van der Waals surface area contributed by atoms with Crippen LogP contribution in [0.5, 0.6) is 0 Å². The summed E-state index contributed by atoms with van der Waals surface area (Å²) in [6.07, 6.45) is 0. The number of carbonyl (C=O) groups is 1. The molecule has 30 heavy (non-hydrogen) atoms. The van der Waals surface area contributed by atoms with Crippen molar-refractivity contribution in [1.29, 1.82) is 0 Å². The van der Waals surface area contributed by atoms with Crippen molar-refractivity contribution in [3.63, 3.8) is 0 Å². The van der Waals surface area contributed by atoms with Gasteiger partial charge in [0.25, 0.3) is 11.6 Å². The van der Waals surface area contributed by atoms with Crippen molar-refractivity contribution in [3.8, 4) is 0 Å². The Hall–Kier alpha value is -3.36. The fourth-order valence-electron chi connectivity index (χ4n) is 3.33. The van der Waals surface area contributed by atoms with Crippen LogP contribution < -0.4 is 4.80 Å². The van der Waals surface area contributed by atoms with Crippen LogP contribution in [0.15, 0.2) is 65.7 Å². The Morgan fingerprint density at radius 3 is 2.77 bits per heavy atom. The summed E-state index contributed by atoms with van der Waals surface area (Å²) in [7, 11) is 0. The maximum Gasteiger partial charge on any atom is 0.280 e. The van der Waals surface area contributed by atoms with Crippen molar-refractivity contribution >= 4 is 43.9 Å². The Morgan fingerprint density at radius 2 is 1.97 bits per heavy atom. The standard InChI is InChI=1S/C22H19N3O4S/c1-2-29-13-12-24-19-14-16(25(27)28)10-11-20(19)30-22(24)23-21(26)18-9-5-7-15-6-3-4-8-17(15)18/h3-11,14H,2,12-13H2,1H3. The van der Waals surface area contributed by atoms with Crippen LogP contribution in [-0.2, 0) is 11.3 Å². The van der Waals surface area contributed by atoms with Gasteiger partial charge in [-0.1, -0.05) is 47.7 Å². The van der Waals surface area contributed by atoms with Gasteiger partial charge < -0.3 is 9.30 Å². The van der Waals surface area contributed by atoms with Crippen molar-refractivity contribution in [2.24, 2.45) is 4.99 Å². The minimum Gasteiger partial charge on any atom is -0.380 e. The molecule has 0 unspecified atom stereocenters. The number of benzene rings is 3. The van der Waals surface area contributed by atoms with E-state index in [-0.39, 0.29) is 11.6 Å². The van der Waals surface area contributed by atoms with E-state index in [9.17, 15) is 14.9 Å². The summed E-state index contributed by atoms with van der Waals surface area (Å²) in [6.45, 7) is 3.32. The van der Waals surface area contributed by atoms with Gasteiger partial charge in [-0.3, -0.25) is 14.9 Å². The molecular formula is C22H19N3O4S. The molecule has 152 valence electrons. The number of hydrogen-bond donors (Lipinski definition) is 0. The molecule has 0 bridgehead atoms. The molecule has 0 radical (unpaired) electrons. The van der Waals surface area contributed by atoms with Gasteiger partial charge in [0.15, 0.2) is 4.80 Å². The highest BCUT2D eigenvalue weighted by Gasteiger charge is 2.14. The number of non-ortho nitro benzene ring substituents is 1. The average molecular weight is 421 g/mol. The first-order chi connectivity index (χ1) is 14.6. The maximum absolute atomic E-state index is 13.0. The Labute approximate surface area is 176 Å². The summed E-state index contributed by atoms with van der Waals surface area (Å²) in [4.78, 5) is 28.7. The number of rotatable bonds is 6. The van der Waals surface area contributed by atoms with Crippen LogP contribution >= 0.6 is 11.3 Å². The quantitative estimate of drug-likeness (QED) is 0.260. The van der Waals surface area contributed by atoms with Gasteiger partial charge in [-0.2, -0.15) is 4.99 Å². The van der Waals surface area contributed by atoms with E-state index in [1.54, 1.807) is 12.1 Å². The second-order valence-electron chi connectivity index (χ2n) is 6.59. The van der Waals surface area contributed by atoms with E-state index in [0.29, 0.717) is 35.6 Å². The molecule has 8 heteroatoms. The number of ether oxygens (including phenoxy) is 1. The van der Waals surface area contributed by atoms with E-state index >= 15 is 0 Å². The lowest BCUT2D eigenvalue weighted by Crippen LogP contribution is -2.19. The average Bonchev–Trinajstić information content (AvgIpc) is 3.09. The van der Waals surface area contributed by atoms with E-state index in [1.807, 2.05) is 47.9 Å². The van der Waals surface area contributed by atoms with E-state index in [4.69, 9.17) is 4.74 Å². The SMILES string of the molecule is CCOCCn1c(=NC(=O)c2cccc3ccccc23)sc2ccc([N+](=O)[O-])cc21.